The Morgan fingerprint density at radius 3 is 2.59 bits per heavy atom. The topological polar surface area (TPSA) is 86.9 Å². The zero-order chi connectivity index (χ0) is 22.9. The second-order valence-corrected chi connectivity index (χ2v) is 7.63. The maximum absolute atomic E-state index is 13.4. The van der Waals surface area contributed by atoms with Crippen molar-refractivity contribution < 1.29 is 18.3 Å². The molecule has 2 heterocycles. The average molecular weight is 440 g/mol. The van der Waals surface area contributed by atoms with Crippen molar-refractivity contribution in [3.8, 4) is 11.6 Å². The molecular weight excluding hydrogens is 418 g/mol. The first-order valence-corrected chi connectivity index (χ1v) is 9.97. The number of carbonyl (C=O) groups is 1. The molecule has 0 saturated heterocycles. The highest BCUT2D eigenvalue weighted by Crippen LogP contribution is 2.29. The lowest BCUT2D eigenvalue weighted by atomic mass is 10.0. The molecule has 0 unspecified atom stereocenters. The van der Waals surface area contributed by atoms with E-state index >= 15 is 0 Å². The molecule has 4 aromatic rings. The molecule has 0 spiro atoms. The highest BCUT2D eigenvalue weighted by atomic mass is 19.3. The van der Waals surface area contributed by atoms with Crippen molar-refractivity contribution in [1.29, 1.82) is 0 Å². The van der Waals surface area contributed by atoms with Crippen molar-refractivity contribution in [2.75, 3.05) is 0 Å². The smallest absolute Gasteiger partial charge is 0.321 e. The number of aromatic nitrogens is 5. The fraction of sp³-hybridized carbons (Fsp3) is 0.273. The van der Waals surface area contributed by atoms with Gasteiger partial charge in [0.25, 0.3) is 5.91 Å². The van der Waals surface area contributed by atoms with Crippen molar-refractivity contribution in [2.24, 2.45) is 7.05 Å². The number of hydrogen-bond acceptors (Lipinski definition) is 5. The summed E-state index contributed by atoms with van der Waals surface area (Å²) < 4.78 is 36.2. The molecule has 0 saturated carbocycles. The van der Waals surface area contributed by atoms with Crippen LogP contribution in [-0.2, 0) is 11.8 Å². The van der Waals surface area contributed by atoms with Gasteiger partial charge in [-0.15, -0.1) is 5.10 Å². The summed E-state index contributed by atoms with van der Waals surface area (Å²) in [5.74, 6) is -3.75. The molecule has 1 amide bonds. The number of fused-ring (bicyclic) bond motifs is 1. The molecule has 166 valence electrons. The third kappa shape index (κ3) is 4.43. The van der Waals surface area contributed by atoms with Crippen LogP contribution in [0.2, 0.25) is 0 Å². The molecular formula is C22H22F2N6O2. The molecule has 2 aromatic heterocycles. The van der Waals surface area contributed by atoms with Crippen molar-refractivity contribution in [1.82, 2.24) is 30.1 Å². The van der Waals surface area contributed by atoms with E-state index in [4.69, 9.17) is 4.74 Å². The molecule has 8 nitrogen and oxygen atoms in total. The van der Waals surface area contributed by atoms with E-state index in [1.807, 2.05) is 36.4 Å². The first kappa shape index (κ1) is 21.4. The summed E-state index contributed by atoms with van der Waals surface area (Å²) in [5.41, 5.74) is 1.55. The van der Waals surface area contributed by atoms with Gasteiger partial charge in [-0.2, -0.15) is 13.9 Å². The van der Waals surface area contributed by atoms with Gasteiger partial charge >= 0.3 is 5.92 Å². The Morgan fingerprint density at radius 2 is 1.94 bits per heavy atom. The fourth-order valence-corrected chi connectivity index (χ4v) is 3.36. The van der Waals surface area contributed by atoms with Crippen LogP contribution in [-0.4, -0.2) is 42.6 Å². The number of nitrogens with zero attached hydrogens (tertiary/aromatic N) is 5. The van der Waals surface area contributed by atoms with E-state index in [2.05, 4.69) is 20.7 Å². The van der Waals surface area contributed by atoms with Gasteiger partial charge in [0.05, 0.1) is 24.0 Å². The van der Waals surface area contributed by atoms with Crippen molar-refractivity contribution >= 4 is 16.8 Å². The molecule has 10 heteroatoms. The summed E-state index contributed by atoms with van der Waals surface area (Å²) in [5, 5.41) is 15.5. The van der Waals surface area contributed by atoms with Gasteiger partial charge in [-0.3, -0.25) is 9.48 Å². The van der Waals surface area contributed by atoms with E-state index in [0.717, 1.165) is 16.5 Å². The van der Waals surface area contributed by atoms with Gasteiger partial charge in [0, 0.05) is 19.4 Å². The zero-order valence-electron chi connectivity index (χ0n) is 17.7. The predicted molar refractivity (Wildman–Crippen MR) is 114 cm³/mol. The normalized spacial score (nSPS) is 13.7. The number of aryl methyl sites for hydroxylation is 1. The number of nitrogens with one attached hydrogen (secondary N) is 1. The lowest BCUT2D eigenvalue weighted by Crippen LogP contribution is -2.46. The highest BCUT2D eigenvalue weighted by Gasteiger charge is 2.35. The molecule has 0 aliphatic carbocycles. The number of rotatable bonds is 7. The fourth-order valence-electron chi connectivity index (χ4n) is 3.36. The van der Waals surface area contributed by atoms with Crippen LogP contribution in [0.25, 0.3) is 16.7 Å². The van der Waals surface area contributed by atoms with Crippen molar-refractivity contribution in [3.63, 3.8) is 0 Å². The van der Waals surface area contributed by atoms with Crippen LogP contribution in [0.3, 0.4) is 0 Å². The lowest BCUT2D eigenvalue weighted by molar-refractivity contribution is -0.144. The predicted octanol–water partition coefficient (Wildman–Crippen LogP) is 3.43. The van der Waals surface area contributed by atoms with Crippen LogP contribution in [0, 0.1) is 0 Å². The van der Waals surface area contributed by atoms with Gasteiger partial charge in [0.1, 0.15) is 11.9 Å². The van der Waals surface area contributed by atoms with E-state index in [1.165, 1.54) is 0 Å². The Morgan fingerprint density at radius 1 is 1.19 bits per heavy atom. The zero-order valence-corrected chi connectivity index (χ0v) is 17.7. The molecule has 0 fully saturated rings. The van der Waals surface area contributed by atoms with Gasteiger partial charge in [0.2, 0.25) is 0 Å². The van der Waals surface area contributed by atoms with Crippen LogP contribution in [0.15, 0.2) is 60.9 Å². The second-order valence-electron chi connectivity index (χ2n) is 7.63. The van der Waals surface area contributed by atoms with Crippen LogP contribution in [0.4, 0.5) is 8.78 Å². The molecule has 0 aliphatic rings. The molecule has 4 rings (SSSR count). The molecule has 0 bridgehead atoms. The van der Waals surface area contributed by atoms with Gasteiger partial charge < -0.3 is 10.1 Å². The number of hydrogen-bond donors (Lipinski definition) is 1. The van der Waals surface area contributed by atoms with Gasteiger partial charge in [-0.1, -0.05) is 35.5 Å². The number of benzene rings is 2. The number of amides is 1. The number of ether oxygens (including phenoxy) is 1. The summed E-state index contributed by atoms with van der Waals surface area (Å²) in [6, 6.07) is 13.8. The Kier molecular flexibility index (Phi) is 5.60. The molecule has 2 atom stereocenters. The summed E-state index contributed by atoms with van der Waals surface area (Å²) in [6.07, 6.45) is 2.74. The Balaban J connectivity index is 1.62. The van der Waals surface area contributed by atoms with Crippen LogP contribution in [0.5, 0.6) is 5.75 Å². The Bertz CT molecular complexity index is 1230. The van der Waals surface area contributed by atoms with Crippen LogP contribution in [0.1, 0.15) is 25.5 Å². The monoisotopic (exact) mass is 440 g/mol. The van der Waals surface area contributed by atoms with Crippen LogP contribution >= 0.6 is 0 Å². The lowest BCUT2D eigenvalue weighted by Gasteiger charge is -2.27. The summed E-state index contributed by atoms with van der Waals surface area (Å²) >= 11 is 0. The largest absolute Gasteiger partial charge is 0.484 e. The number of halogens is 2. The minimum atomic E-state index is -3.48. The summed E-state index contributed by atoms with van der Waals surface area (Å²) in [6.45, 7) is 2.20. The van der Waals surface area contributed by atoms with Crippen LogP contribution < -0.4 is 10.1 Å². The highest BCUT2D eigenvalue weighted by molar-refractivity contribution is 5.83. The first-order valence-electron chi connectivity index (χ1n) is 9.97. The van der Waals surface area contributed by atoms with E-state index in [0.29, 0.717) is 18.5 Å². The maximum atomic E-state index is 13.4. The van der Waals surface area contributed by atoms with E-state index in [9.17, 15) is 13.6 Å². The second kappa shape index (κ2) is 8.37. The molecule has 0 aliphatic heterocycles. The van der Waals surface area contributed by atoms with E-state index in [-0.39, 0.29) is 0 Å². The summed E-state index contributed by atoms with van der Waals surface area (Å²) in [7, 11) is 1.77. The number of carbonyl (C=O) groups excluding carboxylic acids is 1. The molecule has 0 radical (unpaired) electrons. The molecule has 2 aromatic carbocycles. The third-order valence-electron chi connectivity index (χ3n) is 4.95. The van der Waals surface area contributed by atoms with Gasteiger partial charge in [-0.25, -0.2) is 4.68 Å². The summed E-state index contributed by atoms with van der Waals surface area (Å²) in [4.78, 5) is 11.8. The Hall–Kier alpha value is -3.82. The minimum Gasteiger partial charge on any atom is -0.484 e. The van der Waals surface area contributed by atoms with Gasteiger partial charge in [0.15, 0.2) is 5.82 Å². The standard InChI is InChI=1S/C22H22F2N6O2/c1-14(26-21(31)22(2,23)24)20(15-7-5-4-6-8-15)32-17-9-10-18-16(11-17)12-25-30(18)19-13-29(3)28-27-19/h4-14,20H,1-3H3,(H,26,31)/t14-,20-/m0/s1. The van der Waals surface area contributed by atoms with Gasteiger partial charge in [-0.05, 0) is 30.7 Å². The average Bonchev–Trinajstić information content (AvgIpc) is 3.37. The van der Waals surface area contributed by atoms with E-state index in [1.54, 1.807) is 47.9 Å². The SMILES string of the molecule is C[C@H](NC(=O)C(C)(F)F)[C@H](Oc1ccc2c(cnn2-c2cn(C)nn2)c1)c1ccccc1. The molecule has 1 N–H and O–H groups in total. The number of alkyl halides is 2. The molecule has 32 heavy (non-hydrogen) atoms. The first-order chi connectivity index (χ1) is 15.2. The quantitative estimate of drug-likeness (QED) is 0.476. The van der Waals surface area contributed by atoms with E-state index < -0.39 is 24.0 Å². The van der Waals surface area contributed by atoms with Crippen molar-refractivity contribution in [3.05, 3.63) is 66.5 Å². The van der Waals surface area contributed by atoms with Crippen molar-refractivity contribution in [2.45, 2.75) is 31.9 Å². The minimum absolute atomic E-state index is 0.509. The maximum Gasteiger partial charge on any atom is 0.321 e. The third-order valence-corrected chi connectivity index (χ3v) is 4.95. The Labute approximate surface area is 182 Å².